The van der Waals surface area contributed by atoms with Crippen molar-refractivity contribution < 1.29 is 4.79 Å². The molecule has 24 heavy (non-hydrogen) atoms. The minimum Gasteiger partial charge on any atom is -0.355 e. The fourth-order valence-corrected chi connectivity index (χ4v) is 3.46. The van der Waals surface area contributed by atoms with Crippen LogP contribution in [0, 0.1) is 0 Å². The highest BCUT2D eigenvalue weighted by molar-refractivity contribution is 8.00. The lowest BCUT2D eigenvalue weighted by molar-refractivity contribution is -0.120. The van der Waals surface area contributed by atoms with E-state index in [2.05, 4.69) is 20.9 Å². The molecule has 0 aliphatic rings. The maximum absolute atomic E-state index is 12.2. The first kappa shape index (κ1) is 16.6. The molecule has 0 spiro atoms. The molecule has 0 aliphatic heterocycles. The highest BCUT2D eigenvalue weighted by Gasteiger charge is 2.13. The third kappa shape index (κ3) is 4.17. The Morgan fingerprint density at radius 1 is 1.17 bits per heavy atom. The van der Waals surface area contributed by atoms with Crippen molar-refractivity contribution in [1.29, 1.82) is 0 Å². The number of hydrogen-bond donors (Lipinski definition) is 1. The molecule has 3 aromatic rings. The molecule has 0 aliphatic carbocycles. The van der Waals surface area contributed by atoms with E-state index in [1.807, 2.05) is 61.8 Å². The second kappa shape index (κ2) is 8.02. The Labute approximate surface area is 146 Å². The van der Waals surface area contributed by atoms with Gasteiger partial charge < -0.3 is 9.88 Å². The van der Waals surface area contributed by atoms with Crippen molar-refractivity contribution in [3.8, 4) is 0 Å². The SMILES string of the molecule is CC(Sc1ccccc1)C(=O)NCCCn1cnc2ccccc21. The summed E-state index contributed by atoms with van der Waals surface area (Å²) in [7, 11) is 0. The number of rotatable bonds is 7. The molecule has 124 valence electrons. The van der Waals surface area contributed by atoms with Gasteiger partial charge in [-0.15, -0.1) is 11.8 Å². The van der Waals surface area contributed by atoms with Gasteiger partial charge in [-0.05, 0) is 37.6 Å². The van der Waals surface area contributed by atoms with Crippen molar-refractivity contribution in [2.45, 2.75) is 30.0 Å². The summed E-state index contributed by atoms with van der Waals surface area (Å²) in [5, 5.41) is 2.92. The van der Waals surface area contributed by atoms with E-state index in [4.69, 9.17) is 0 Å². The van der Waals surface area contributed by atoms with Gasteiger partial charge in [-0.25, -0.2) is 4.98 Å². The number of carbonyl (C=O) groups excluding carboxylic acids is 1. The van der Waals surface area contributed by atoms with Crippen LogP contribution in [0.15, 0.2) is 65.8 Å². The molecule has 1 N–H and O–H groups in total. The van der Waals surface area contributed by atoms with E-state index in [1.165, 1.54) is 0 Å². The largest absolute Gasteiger partial charge is 0.355 e. The molecule has 2 aromatic carbocycles. The van der Waals surface area contributed by atoms with Crippen molar-refractivity contribution in [2.24, 2.45) is 0 Å². The standard InChI is InChI=1S/C19H21N3OS/c1-15(24-16-8-3-2-4-9-16)19(23)20-12-7-13-22-14-21-17-10-5-6-11-18(17)22/h2-6,8-11,14-15H,7,12-13H2,1H3,(H,20,23). The number of nitrogens with zero attached hydrogens (tertiary/aromatic N) is 2. The van der Waals surface area contributed by atoms with E-state index in [1.54, 1.807) is 11.8 Å². The zero-order chi connectivity index (χ0) is 16.8. The minimum absolute atomic E-state index is 0.0827. The molecule has 1 aromatic heterocycles. The average Bonchev–Trinajstić information content (AvgIpc) is 3.02. The number of aromatic nitrogens is 2. The first-order chi connectivity index (χ1) is 11.7. The van der Waals surface area contributed by atoms with E-state index in [0.717, 1.165) is 28.9 Å². The van der Waals surface area contributed by atoms with Gasteiger partial charge in [0.2, 0.25) is 5.91 Å². The summed E-state index contributed by atoms with van der Waals surface area (Å²) >= 11 is 1.58. The minimum atomic E-state index is -0.0959. The smallest absolute Gasteiger partial charge is 0.233 e. The maximum Gasteiger partial charge on any atom is 0.233 e. The van der Waals surface area contributed by atoms with Gasteiger partial charge in [0.1, 0.15) is 0 Å². The molecule has 4 nitrogen and oxygen atoms in total. The number of aryl methyl sites for hydroxylation is 1. The molecule has 1 heterocycles. The summed E-state index contributed by atoms with van der Waals surface area (Å²) in [6, 6.07) is 18.1. The average molecular weight is 339 g/mol. The van der Waals surface area contributed by atoms with Crippen LogP contribution in [-0.4, -0.2) is 27.3 Å². The molecule has 0 saturated heterocycles. The number of carbonyl (C=O) groups is 1. The van der Waals surface area contributed by atoms with Crippen LogP contribution < -0.4 is 5.32 Å². The molecular weight excluding hydrogens is 318 g/mol. The topological polar surface area (TPSA) is 46.9 Å². The zero-order valence-electron chi connectivity index (χ0n) is 13.7. The Balaban J connectivity index is 1.43. The summed E-state index contributed by atoms with van der Waals surface area (Å²) in [4.78, 5) is 17.7. The van der Waals surface area contributed by atoms with Gasteiger partial charge in [-0.2, -0.15) is 0 Å². The first-order valence-electron chi connectivity index (χ1n) is 8.13. The number of benzene rings is 2. The highest BCUT2D eigenvalue weighted by atomic mass is 32.2. The highest BCUT2D eigenvalue weighted by Crippen LogP contribution is 2.22. The number of nitrogens with one attached hydrogen (secondary N) is 1. The van der Waals surface area contributed by atoms with Crippen LogP contribution in [0.2, 0.25) is 0 Å². The predicted molar refractivity (Wildman–Crippen MR) is 99.1 cm³/mol. The third-order valence-electron chi connectivity index (χ3n) is 3.83. The molecule has 0 fully saturated rings. The van der Waals surface area contributed by atoms with E-state index >= 15 is 0 Å². The lowest BCUT2D eigenvalue weighted by atomic mass is 10.3. The molecule has 0 radical (unpaired) electrons. The lowest BCUT2D eigenvalue weighted by Gasteiger charge is -2.12. The van der Waals surface area contributed by atoms with Gasteiger partial charge in [0, 0.05) is 18.0 Å². The summed E-state index contributed by atoms with van der Waals surface area (Å²) in [6.45, 7) is 3.46. The van der Waals surface area contributed by atoms with Crippen LogP contribution >= 0.6 is 11.8 Å². The van der Waals surface area contributed by atoms with Gasteiger partial charge in [0.25, 0.3) is 0 Å². The van der Waals surface area contributed by atoms with Crippen LogP contribution in [0.5, 0.6) is 0 Å². The van der Waals surface area contributed by atoms with Crippen molar-refractivity contribution in [3.63, 3.8) is 0 Å². The summed E-state index contributed by atoms with van der Waals surface area (Å²) in [5.74, 6) is 0.0827. The Kier molecular flexibility index (Phi) is 5.54. The Morgan fingerprint density at radius 3 is 2.75 bits per heavy atom. The fourth-order valence-electron chi connectivity index (χ4n) is 2.55. The van der Waals surface area contributed by atoms with Gasteiger partial charge in [-0.1, -0.05) is 30.3 Å². The van der Waals surface area contributed by atoms with Gasteiger partial charge >= 0.3 is 0 Å². The summed E-state index contributed by atoms with van der Waals surface area (Å²) in [6.07, 6.45) is 2.75. The normalized spacial score (nSPS) is 12.2. The number of para-hydroxylation sites is 2. The predicted octanol–water partition coefficient (Wildman–Crippen LogP) is 3.72. The van der Waals surface area contributed by atoms with E-state index < -0.39 is 0 Å². The quantitative estimate of drug-likeness (QED) is 0.527. The Morgan fingerprint density at radius 2 is 1.92 bits per heavy atom. The van der Waals surface area contributed by atoms with Crippen LogP contribution in [0.25, 0.3) is 11.0 Å². The molecule has 3 rings (SSSR count). The number of thioether (sulfide) groups is 1. The summed E-state index contributed by atoms with van der Waals surface area (Å²) < 4.78 is 2.13. The molecule has 1 atom stereocenters. The van der Waals surface area contributed by atoms with E-state index in [-0.39, 0.29) is 11.2 Å². The van der Waals surface area contributed by atoms with Gasteiger partial charge in [0.05, 0.1) is 22.6 Å². The van der Waals surface area contributed by atoms with Crippen molar-refractivity contribution in [1.82, 2.24) is 14.9 Å². The monoisotopic (exact) mass is 339 g/mol. The lowest BCUT2D eigenvalue weighted by Crippen LogP contribution is -2.32. The number of imidazole rings is 1. The third-order valence-corrected chi connectivity index (χ3v) is 4.94. The first-order valence-corrected chi connectivity index (χ1v) is 9.01. The fraction of sp³-hybridized carbons (Fsp3) is 0.263. The van der Waals surface area contributed by atoms with Crippen molar-refractivity contribution in [3.05, 3.63) is 60.9 Å². The van der Waals surface area contributed by atoms with Crippen LogP contribution in [0.1, 0.15) is 13.3 Å². The Bertz CT molecular complexity index is 800. The number of hydrogen-bond acceptors (Lipinski definition) is 3. The number of fused-ring (bicyclic) bond motifs is 1. The Hall–Kier alpha value is -2.27. The van der Waals surface area contributed by atoms with Gasteiger partial charge in [0.15, 0.2) is 0 Å². The van der Waals surface area contributed by atoms with Gasteiger partial charge in [-0.3, -0.25) is 4.79 Å². The molecule has 5 heteroatoms. The van der Waals surface area contributed by atoms with E-state index in [0.29, 0.717) is 6.54 Å². The molecule has 0 bridgehead atoms. The van der Waals surface area contributed by atoms with E-state index in [9.17, 15) is 4.79 Å². The number of amides is 1. The second-order valence-corrected chi connectivity index (χ2v) is 7.06. The molecule has 1 unspecified atom stereocenters. The van der Waals surface area contributed by atoms with Crippen LogP contribution in [0.4, 0.5) is 0 Å². The summed E-state index contributed by atoms with van der Waals surface area (Å²) in [5.41, 5.74) is 2.14. The van der Waals surface area contributed by atoms with Crippen LogP contribution in [0.3, 0.4) is 0 Å². The molecular formula is C19H21N3OS. The second-order valence-electron chi connectivity index (χ2n) is 5.64. The molecule has 0 saturated carbocycles. The maximum atomic E-state index is 12.2. The van der Waals surface area contributed by atoms with Crippen molar-refractivity contribution >= 4 is 28.7 Å². The van der Waals surface area contributed by atoms with Crippen molar-refractivity contribution in [2.75, 3.05) is 6.54 Å². The molecule has 1 amide bonds. The van der Waals surface area contributed by atoms with Crippen LogP contribution in [-0.2, 0) is 11.3 Å². The zero-order valence-corrected chi connectivity index (χ0v) is 14.5.